The number of hydrogen-bond donors (Lipinski definition) is 2. The molecule has 2 heterocycles. The molecule has 38 heavy (non-hydrogen) atoms. The SMILES string of the molecule is OCCCCN1C(=CC=CC=Cc2cc[n+](CCCCO)c3ccccc23)Sc2c1ccc1ccccc21. The van der Waals surface area contributed by atoms with Gasteiger partial charge in [-0.2, -0.15) is 4.57 Å². The Labute approximate surface area is 229 Å². The van der Waals surface area contributed by atoms with E-state index in [4.69, 9.17) is 5.11 Å². The zero-order chi connectivity index (χ0) is 26.2. The first-order chi connectivity index (χ1) is 18.8. The lowest BCUT2D eigenvalue weighted by Gasteiger charge is -2.20. The summed E-state index contributed by atoms with van der Waals surface area (Å²) in [4.78, 5) is 3.70. The molecule has 0 atom stereocenters. The van der Waals surface area contributed by atoms with E-state index in [0.717, 1.165) is 38.8 Å². The molecule has 4 aromatic rings. The summed E-state index contributed by atoms with van der Waals surface area (Å²) < 4.78 is 2.27. The minimum absolute atomic E-state index is 0.228. The zero-order valence-corrected chi connectivity index (χ0v) is 22.5. The molecule has 0 unspecified atom stereocenters. The van der Waals surface area contributed by atoms with Gasteiger partial charge in [-0.3, -0.25) is 0 Å². The zero-order valence-electron chi connectivity index (χ0n) is 21.7. The standard InChI is InChI=1S/C33H35N2O2S/c36-24-10-8-21-34-23-20-27(28-14-6-7-16-30(28)34)12-2-1-3-17-32-35(22-9-11-25-37)31-19-18-26-13-4-5-15-29(26)33(31)38-32/h1-7,12-20,23,36-37H,8-11,21-22,24-25H2/q+1. The normalized spacial score (nSPS) is 14.6. The fourth-order valence-corrected chi connectivity index (χ4v) is 6.20. The second-order valence-electron chi connectivity index (χ2n) is 9.48. The molecular formula is C33H35N2O2S+. The summed E-state index contributed by atoms with van der Waals surface area (Å²) in [5.74, 6) is 0. The number of para-hydroxylation sites is 1. The van der Waals surface area contributed by atoms with Gasteiger partial charge in [-0.15, -0.1) is 0 Å². The van der Waals surface area contributed by atoms with Crippen LogP contribution in [-0.2, 0) is 6.54 Å². The number of benzene rings is 3. The third kappa shape index (κ3) is 5.86. The van der Waals surface area contributed by atoms with Crippen molar-refractivity contribution in [3.63, 3.8) is 0 Å². The summed E-state index contributed by atoms with van der Waals surface area (Å²) in [6, 6.07) is 23.7. The minimum Gasteiger partial charge on any atom is -0.396 e. The van der Waals surface area contributed by atoms with Crippen LogP contribution in [0.3, 0.4) is 0 Å². The van der Waals surface area contributed by atoms with Crippen molar-refractivity contribution in [3.8, 4) is 0 Å². The van der Waals surface area contributed by atoms with E-state index in [0.29, 0.717) is 0 Å². The quantitative estimate of drug-likeness (QED) is 0.128. The number of thioether (sulfide) groups is 1. The summed E-state index contributed by atoms with van der Waals surface area (Å²) in [5.41, 5.74) is 3.66. The van der Waals surface area contributed by atoms with E-state index in [1.165, 1.54) is 42.9 Å². The molecule has 0 saturated heterocycles. The van der Waals surface area contributed by atoms with Crippen LogP contribution in [0.2, 0.25) is 0 Å². The van der Waals surface area contributed by atoms with Crippen molar-refractivity contribution in [2.45, 2.75) is 37.1 Å². The van der Waals surface area contributed by atoms with Crippen LogP contribution in [0.4, 0.5) is 5.69 Å². The predicted octanol–water partition coefficient (Wildman–Crippen LogP) is 6.85. The van der Waals surface area contributed by atoms with Crippen molar-refractivity contribution >= 4 is 45.2 Å². The Hall–Kier alpha value is -3.38. The van der Waals surface area contributed by atoms with E-state index in [2.05, 4.69) is 113 Å². The second kappa shape index (κ2) is 12.9. The lowest BCUT2D eigenvalue weighted by atomic mass is 10.1. The van der Waals surface area contributed by atoms with Crippen LogP contribution in [-0.4, -0.2) is 30.0 Å². The first-order valence-corrected chi connectivity index (χ1v) is 14.3. The summed E-state index contributed by atoms with van der Waals surface area (Å²) in [6.45, 7) is 2.26. The van der Waals surface area contributed by atoms with Gasteiger partial charge in [0.25, 0.3) is 0 Å². The minimum atomic E-state index is 0.228. The summed E-state index contributed by atoms with van der Waals surface area (Å²) in [6.07, 6.45) is 16.4. The topological polar surface area (TPSA) is 47.6 Å². The van der Waals surface area contributed by atoms with Crippen LogP contribution in [0.15, 0.2) is 107 Å². The van der Waals surface area contributed by atoms with Crippen molar-refractivity contribution in [2.24, 2.45) is 0 Å². The molecule has 5 rings (SSSR count). The monoisotopic (exact) mass is 523 g/mol. The Kier molecular flexibility index (Phi) is 8.92. The number of hydrogen-bond acceptors (Lipinski definition) is 4. The summed E-state index contributed by atoms with van der Waals surface area (Å²) >= 11 is 1.83. The molecule has 0 radical (unpaired) electrons. The van der Waals surface area contributed by atoms with Gasteiger partial charge in [0.2, 0.25) is 5.52 Å². The molecule has 2 N–H and O–H groups in total. The van der Waals surface area contributed by atoms with Crippen LogP contribution < -0.4 is 9.47 Å². The second-order valence-corrected chi connectivity index (χ2v) is 10.5. The lowest BCUT2D eigenvalue weighted by molar-refractivity contribution is -0.671. The number of fused-ring (bicyclic) bond motifs is 4. The van der Waals surface area contributed by atoms with Gasteiger partial charge in [-0.05, 0) is 53.8 Å². The number of aliphatic hydroxyl groups excluding tert-OH is 2. The highest BCUT2D eigenvalue weighted by Gasteiger charge is 2.26. The molecule has 0 saturated carbocycles. The molecular weight excluding hydrogens is 488 g/mol. The fraction of sp³-hybridized carbons (Fsp3) is 0.242. The maximum absolute atomic E-state index is 9.30. The van der Waals surface area contributed by atoms with E-state index in [1.807, 2.05) is 11.8 Å². The molecule has 0 spiro atoms. The largest absolute Gasteiger partial charge is 0.396 e. The van der Waals surface area contributed by atoms with Crippen LogP contribution in [0, 0.1) is 0 Å². The maximum Gasteiger partial charge on any atom is 0.213 e. The number of unbranched alkanes of at least 4 members (excludes halogenated alkanes) is 2. The van der Waals surface area contributed by atoms with E-state index in [-0.39, 0.29) is 13.2 Å². The number of aromatic nitrogens is 1. The molecule has 194 valence electrons. The van der Waals surface area contributed by atoms with E-state index < -0.39 is 0 Å². The van der Waals surface area contributed by atoms with Crippen LogP contribution in [0.5, 0.6) is 0 Å². The highest BCUT2D eigenvalue weighted by molar-refractivity contribution is 8.04. The maximum atomic E-state index is 9.30. The number of pyridine rings is 1. The van der Waals surface area contributed by atoms with Crippen molar-refractivity contribution in [2.75, 3.05) is 24.7 Å². The number of nitrogens with zero attached hydrogens (tertiary/aromatic N) is 2. The molecule has 3 aromatic carbocycles. The van der Waals surface area contributed by atoms with Crippen molar-refractivity contribution in [1.29, 1.82) is 0 Å². The van der Waals surface area contributed by atoms with Gasteiger partial charge >= 0.3 is 0 Å². The molecule has 5 heteroatoms. The first kappa shape index (κ1) is 26.2. The molecule has 1 aliphatic rings. The molecule has 4 nitrogen and oxygen atoms in total. The summed E-state index contributed by atoms with van der Waals surface area (Å²) in [7, 11) is 0. The fourth-order valence-electron chi connectivity index (χ4n) is 4.97. The van der Waals surface area contributed by atoms with Crippen molar-refractivity contribution in [3.05, 3.63) is 108 Å². The Morgan fingerprint density at radius 3 is 2.42 bits per heavy atom. The average Bonchev–Trinajstić information content (AvgIpc) is 3.31. The highest BCUT2D eigenvalue weighted by Crippen LogP contribution is 2.49. The number of anilines is 1. The number of rotatable bonds is 11. The van der Waals surface area contributed by atoms with Gasteiger partial charge in [-0.1, -0.05) is 78.5 Å². The third-order valence-corrected chi connectivity index (χ3v) is 8.11. The van der Waals surface area contributed by atoms with Crippen molar-refractivity contribution < 1.29 is 14.8 Å². The Morgan fingerprint density at radius 2 is 1.55 bits per heavy atom. The van der Waals surface area contributed by atoms with Gasteiger partial charge in [0.15, 0.2) is 6.20 Å². The predicted molar refractivity (Wildman–Crippen MR) is 160 cm³/mol. The Balaban J connectivity index is 1.35. The van der Waals surface area contributed by atoms with E-state index in [1.54, 1.807) is 0 Å². The Morgan fingerprint density at radius 1 is 0.763 bits per heavy atom. The van der Waals surface area contributed by atoms with Crippen LogP contribution in [0.25, 0.3) is 27.8 Å². The molecule has 0 bridgehead atoms. The van der Waals surface area contributed by atoms with E-state index in [9.17, 15) is 5.11 Å². The number of aryl methyl sites for hydroxylation is 1. The lowest BCUT2D eigenvalue weighted by Crippen LogP contribution is -2.34. The van der Waals surface area contributed by atoms with Gasteiger partial charge < -0.3 is 15.1 Å². The smallest absolute Gasteiger partial charge is 0.213 e. The first-order valence-electron chi connectivity index (χ1n) is 13.5. The van der Waals surface area contributed by atoms with Gasteiger partial charge in [-0.25, -0.2) is 0 Å². The third-order valence-electron chi connectivity index (χ3n) is 6.91. The molecule has 1 aromatic heterocycles. The van der Waals surface area contributed by atoms with Crippen LogP contribution in [0.1, 0.15) is 31.2 Å². The van der Waals surface area contributed by atoms with Gasteiger partial charge in [0.05, 0.1) is 16.1 Å². The van der Waals surface area contributed by atoms with Gasteiger partial charge in [0, 0.05) is 43.2 Å². The Bertz CT molecular complexity index is 1490. The molecule has 0 fully saturated rings. The molecule has 0 amide bonds. The van der Waals surface area contributed by atoms with Crippen LogP contribution >= 0.6 is 11.8 Å². The van der Waals surface area contributed by atoms with Gasteiger partial charge in [0.1, 0.15) is 6.54 Å². The number of aliphatic hydroxyl groups is 2. The van der Waals surface area contributed by atoms with Crippen molar-refractivity contribution in [1.82, 2.24) is 0 Å². The highest BCUT2D eigenvalue weighted by atomic mass is 32.2. The van der Waals surface area contributed by atoms with E-state index >= 15 is 0 Å². The number of allylic oxidation sites excluding steroid dienone is 4. The molecule has 0 aliphatic carbocycles. The summed E-state index contributed by atoms with van der Waals surface area (Å²) in [5, 5.41) is 23.4. The average molecular weight is 524 g/mol. The molecule has 1 aliphatic heterocycles.